The zero-order valence-corrected chi connectivity index (χ0v) is 20.3. The van der Waals surface area contributed by atoms with E-state index in [1.165, 1.54) is 5.39 Å². The van der Waals surface area contributed by atoms with E-state index in [1.807, 2.05) is 78.9 Å². The van der Waals surface area contributed by atoms with Crippen molar-refractivity contribution < 1.29 is 0 Å². The monoisotopic (exact) mass is 476 g/mol. The topological polar surface area (TPSA) is 43.6 Å². The largest absolute Gasteiger partial charge is 0.310 e. The first-order valence-corrected chi connectivity index (χ1v) is 12.1. The zero-order chi connectivity index (χ0) is 25.2. The molecule has 0 spiro atoms. The van der Waals surface area contributed by atoms with Crippen LogP contribution in [0.15, 0.2) is 135 Å². The maximum Gasteiger partial charge on any atom is 0.164 e. The van der Waals surface area contributed by atoms with E-state index in [2.05, 4.69) is 54.1 Å². The molecule has 0 fully saturated rings. The summed E-state index contributed by atoms with van der Waals surface area (Å²) in [6, 6.07) is 34.8. The van der Waals surface area contributed by atoms with E-state index in [9.17, 15) is 0 Å². The maximum atomic E-state index is 4.90. The molecule has 0 amide bonds. The van der Waals surface area contributed by atoms with Crippen LogP contribution in [0.4, 0.5) is 0 Å². The number of para-hydroxylation sites is 1. The standard InChI is InChI=1S/C33H24N4/c1-3-4-13-23(2)37-29-19-12-11-18-27(29)28-21-20-26(22-30(28)37)33-35-31(24-14-7-5-8-15-24)34-32(36-33)25-16-9-6-10-17-25/h3-22H,1-2H2/b13-4-. The molecule has 0 saturated carbocycles. The van der Waals surface area contributed by atoms with Crippen LogP contribution in [-0.2, 0) is 0 Å². The van der Waals surface area contributed by atoms with Crippen LogP contribution in [0.1, 0.15) is 0 Å². The van der Waals surface area contributed by atoms with E-state index in [-0.39, 0.29) is 0 Å². The molecular formula is C33H24N4. The molecule has 0 bridgehead atoms. The lowest BCUT2D eigenvalue weighted by Gasteiger charge is -2.10. The van der Waals surface area contributed by atoms with E-state index < -0.39 is 0 Å². The normalized spacial score (nSPS) is 11.4. The molecular weight excluding hydrogens is 452 g/mol. The van der Waals surface area contributed by atoms with Gasteiger partial charge in [-0.1, -0.05) is 116 Å². The second kappa shape index (κ2) is 9.51. The van der Waals surface area contributed by atoms with Crippen LogP contribution in [0.2, 0.25) is 0 Å². The van der Waals surface area contributed by atoms with Crippen molar-refractivity contribution in [1.82, 2.24) is 19.5 Å². The number of rotatable bonds is 6. The third-order valence-electron chi connectivity index (χ3n) is 6.34. The summed E-state index contributed by atoms with van der Waals surface area (Å²) in [6.07, 6.45) is 5.62. The van der Waals surface area contributed by atoms with Crippen molar-refractivity contribution in [3.8, 4) is 34.2 Å². The lowest BCUT2D eigenvalue weighted by molar-refractivity contribution is 1.07. The van der Waals surface area contributed by atoms with Gasteiger partial charge in [-0.25, -0.2) is 15.0 Å². The number of aromatic nitrogens is 4. The molecule has 37 heavy (non-hydrogen) atoms. The number of benzene rings is 4. The average molecular weight is 477 g/mol. The van der Waals surface area contributed by atoms with Gasteiger partial charge in [-0.15, -0.1) is 0 Å². The molecule has 0 aliphatic heterocycles. The van der Waals surface area contributed by atoms with Gasteiger partial charge in [0, 0.05) is 33.2 Å². The maximum absolute atomic E-state index is 4.90. The van der Waals surface area contributed by atoms with Gasteiger partial charge in [-0.3, -0.25) is 0 Å². The molecule has 2 heterocycles. The number of hydrogen-bond acceptors (Lipinski definition) is 3. The summed E-state index contributed by atoms with van der Waals surface area (Å²) < 4.78 is 2.17. The Morgan fingerprint density at radius 1 is 0.595 bits per heavy atom. The fourth-order valence-electron chi connectivity index (χ4n) is 4.61. The molecule has 0 aliphatic rings. The molecule has 0 saturated heterocycles. The molecule has 0 radical (unpaired) electrons. The summed E-state index contributed by atoms with van der Waals surface area (Å²) in [5.41, 5.74) is 5.80. The van der Waals surface area contributed by atoms with Gasteiger partial charge in [0.2, 0.25) is 0 Å². The van der Waals surface area contributed by atoms with Crippen LogP contribution in [0.5, 0.6) is 0 Å². The lowest BCUT2D eigenvalue weighted by Crippen LogP contribution is -2.00. The Balaban J connectivity index is 1.59. The van der Waals surface area contributed by atoms with Crippen LogP contribution in [-0.4, -0.2) is 19.5 Å². The first kappa shape index (κ1) is 22.4. The van der Waals surface area contributed by atoms with Crippen LogP contribution in [0.25, 0.3) is 61.7 Å². The van der Waals surface area contributed by atoms with Gasteiger partial charge in [0.15, 0.2) is 17.5 Å². The second-order valence-electron chi connectivity index (χ2n) is 8.71. The Kier molecular flexibility index (Phi) is 5.75. The quantitative estimate of drug-likeness (QED) is 0.228. The minimum absolute atomic E-state index is 0.624. The molecule has 0 aliphatic carbocycles. The molecule has 0 atom stereocenters. The van der Waals surface area contributed by atoms with Crippen molar-refractivity contribution >= 4 is 27.5 Å². The molecule has 4 heteroatoms. The van der Waals surface area contributed by atoms with Crippen molar-refractivity contribution in [1.29, 1.82) is 0 Å². The molecule has 6 aromatic rings. The first-order valence-electron chi connectivity index (χ1n) is 12.1. The second-order valence-corrected chi connectivity index (χ2v) is 8.71. The molecule has 0 N–H and O–H groups in total. The molecule has 4 aromatic carbocycles. The first-order chi connectivity index (χ1) is 18.2. The van der Waals surface area contributed by atoms with E-state index in [1.54, 1.807) is 6.08 Å². The Labute approximate surface area is 215 Å². The predicted molar refractivity (Wildman–Crippen MR) is 154 cm³/mol. The Hall–Kier alpha value is -5.09. The summed E-state index contributed by atoms with van der Waals surface area (Å²) in [5.74, 6) is 1.91. The molecule has 0 unspecified atom stereocenters. The van der Waals surface area contributed by atoms with Gasteiger partial charge < -0.3 is 4.57 Å². The number of nitrogens with zero attached hydrogens (tertiary/aromatic N) is 4. The van der Waals surface area contributed by atoms with Gasteiger partial charge in [0.05, 0.1) is 11.0 Å². The number of allylic oxidation sites excluding steroid dienone is 4. The van der Waals surface area contributed by atoms with E-state index in [0.717, 1.165) is 38.8 Å². The smallest absolute Gasteiger partial charge is 0.164 e. The summed E-state index contributed by atoms with van der Waals surface area (Å²) in [5, 5.41) is 2.32. The van der Waals surface area contributed by atoms with Gasteiger partial charge >= 0.3 is 0 Å². The van der Waals surface area contributed by atoms with Gasteiger partial charge in [-0.2, -0.15) is 0 Å². The van der Waals surface area contributed by atoms with Crippen molar-refractivity contribution in [3.05, 3.63) is 135 Å². The van der Waals surface area contributed by atoms with Gasteiger partial charge in [-0.05, 0) is 18.2 Å². The molecule has 2 aromatic heterocycles. The minimum atomic E-state index is 0.624. The number of hydrogen-bond donors (Lipinski definition) is 0. The number of fused-ring (bicyclic) bond motifs is 3. The van der Waals surface area contributed by atoms with Crippen LogP contribution < -0.4 is 0 Å². The van der Waals surface area contributed by atoms with E-state index in [0.29, 0.717) is 17.5 Å². The highest BCUT2D eigenvalue weighted by Gasteiger charge is 2.16. The molecule has 4 nitrogen and oxygen atoms in total. The van der Waals surface area contributed by atoms with Crippen molar-refractivity contribution in [2.45, 2.75) is 0 Å². The van der Waals surface area contributed by atoms with Gasteiger partial charge in [0.1, 0.15) is 0 Å². The summed E-state index contributed by atoms with van der Waals surface area (Å²) in [7, 11) is 0. The Bertz CT molecular complexity index is 1740. The van der Waals surface area contributed by atoms with Crippen molar-refractivity contribution in [2.24, 2.45) is 0 Å². The minimum Gasteiger partial charge on any atom is -0.310 e. The average Bonchev–Trinajstić information content (AvgIpc) is 3.30. The van der Waals surface area contributed by atoms with Crippen molar-refractivity contribution in [2.75, 3.05) is 0 Å². The van der Waals surface area contributed by atoms with E-state index >= 15 is 0 Å². The van der Waals surface area contributed by atoms with Gasteiger partial charge in [0.25, 0.3) is 0 Å². The Morgan fingerprint density at radius 2 is 1.14 bits per heavy atom. The van der Waals surface area contributed by atoms with E-state index in [4.69, 9.17) is 15.0 Å². The Morgan fingerprint density at radius 3 is 1.76 bits per heavy atom. The van der Waals surface area contributed by atoms with Crippen LogP contribution >= 0.6 is 0 Å². The zero-order valence-electron chi connectivity index (χ0n) is 20.3. The highest BCUT2D eigenvalue weighted by molar-refractivity contribution is 6.11. The van der Waals surface area contributed by atoms with Crippen LogP contribution in [0.3, 0.4) is 0 Å². The fraction of sp³-hybridized carbons (Fsp3) is 0. The highest BCUT2D eigenvalue weighted by Crippen LogP contribution is 2.34. The highest BCUT2D eigenvalue weighted by atomic mass is 15.0. The molecule has 6 rings (SSSR count). The van der Waals surface area contributed by atoms with Crippen LogP contribution in [0, 0.1) is 0 Å². The molecule has 176 valence electrons. The SMILES string of the molecule is C=C/C=C\C(=C)n1c2ccccc2c2ccc(-c3nc(-c4ccccc4)nc(-c4ccccc4)n3)cc21. The third-order valence-corrected chi connectivity index (χ3v) is 6.34. The summed E-state index contributed by atoms with van der Waals surface area (Å²) in [4.78, 5) is 14.6. The predicted octanol–water partition coefficient (Wildman–Crippen LogP) is 8.19. The third kappa shape index (κ3) is 4.15. The van der Waals surface area contributed by atoms with Crippen molar-refractivity contribution in [3.63, 3.8) is 0 Å². The lowest BCUT2D eigenvalue weighted by atomic mass is 10.1. The summed E-state index contributed by atoms with van der Waals surface area (Å²) in [6.45, 7) is 8.13. The fourth-order valence-corrected chi connectivity index (χ4v) is 4.61. The summed E-state index contributed by atoms with van der Waals surface area (Å²) >= 11 is 0.